The highest BCUT2D eigenvalue weighted by molar-refractivity contribution is 14.1. The van der Waals surface area contributed by atoms with Crippen LogP contribution in [0.25, 0.3) is 32.8 Å². The van der Waals surface area contributed by atoms with Gasteiger partial charge >= 0.3 is 5.97 Å². The number of hydrogen-bond acceptors (Lipinski definition) is 6. The molecule has 0 saturated heterocycles. The van der Waals surface area contributed by atoms with Crippen LogP contribution >= 0.6 is 22.6 Å². The first-order valence-electron chi connectivity index (χ1n) is 16.5. The van der Waals surface area contributed by atoms with E-state index in [2.05, 4.69) is 92.2 Å². The quantitative estimate of drug-likeness (QED) is 0.0661. The summed E-state index contributed by atoms with van der Waals surface area (Å²) in [5, 5.41) is 21.8. The Morgan fingerprint density at radius 3 is 2.50 bits per heavy atom. The van der Waals surface area contributed by atoms with Crippen LogP contribution in [0, 0.1) is 10.5 Å². The first kappa shape index (κ1) is 33.5. The van der Waals surface area contributed by atoms with Crippen molar-refractivity contribution in [2.45, 2.75) is 46.3 Å². The number of carbonyl (C=O) groups excluding carboxylic acids is 1. The highest BCUT2D eigenvalue weighted by atomic mass is 127. The molecule has 9 heteroatoms. The monoisotopic (exact) mass is 756 g/mol. The number of aliphatic hydroxyl groups excluding tert-OH is 1. The van der Waals surface area contributed by atoms with Crippen LogP contribution in [-0.4, -0.2) is 45.2 Å². The number of nitrogens with zero attached hydrogens (tertiary/aromatic N) is 3. The second-order valence-electron chi connectivity index (χ2n) is 11.8. The van der Waals surface area contributed by atoms with Gasteiger partial charge in [-0.1, -0.05) is 54.6 Å². The molecule has 2 N–H and O–H groups in total. The van der Waals surface area contributed by atoms with Crippen LogP contribution in [0.2, 0.25) is 0 Å². The number of nitrogens with one attached hydrogen (secondary N) is 1. The standard InChI is InChI=1S/C39H41IN4O4/c1-4-47-39(46)38-32(16-9-24-48-35-17-7-12-27-11-5-6-13-30(27)35)31-14-8-15-33(36-26(2)42-43(3)34(36)25-45)37(31)44(38)23-10-22-41-29-20-18-28(40)19-21-29/h5-8,11-15,17-21,41,45H,4,9-10,16,22-25H2,1-3H3. The van der Waals surface area contributed by atoms with Gasteiger partial charge in [-0.15, -0.1) is 0 Å². The van der Waals surface area contributed by atoms with Crippen molar-refractivity contribution in [1.29, 1.82) is 0 Å². The molecule has 0 amide bonds. The van der Waals surface area contributed by atoms with Crippen molar-refractivity contribution >= 4 is 55.9 Å². The van der Waals surface area contributed by atoms with E-state index in [1.807, 2.05) is 51.2 Å². The van der Waals surface area contributed by atoms with Crippen LogP contribution in [0.3, 0.4) is 0 Å². The van der Waals surface area contributed by atoms with Gasteiger partial charge in [0.1, 0.15) is 11.4 Å². The summed E-state index contributed by atoms with van der Waals surface area (Å²) in [6, 6.07) is 28.8. The van der Waals surface area contributed by atoms with Crippen molar-refractivity contribution in [3.8, 4) is 16.9 Å². The van der Waals surface area contributed by atoms with E-state index in [0.717, 1.165) is 74.2 Å². The van der Waals surface area contributed by atoms with Crippen molar-refractivity contribution < 1.29 is 19.4 Å². The minimum absolute atomic E-state index is 0.146. The number of esters is 1. The summed E-state index contributed by atoms with van der Waals surface area (Å²) in [4.78, 5) is 13.8. The summed E-state index contributed by atoms with van der Waals surface area (Å²) in [5.74, 6) is 0.521. The third-order valence-corrected chi connectivity index (χ3v) is 9.45. The first-order chi connectivity index (χ1) is 23.4. The molecule has 0 aliphatic heterocycles. The van der Waals surface area contributed by atoms with Gasteiger partial charge in [0.25, 0.3) is 0 Å². The molecule has 0 bridgehead atoms. The van der Waals surface area contributed by atoms with Crippen LogP contribution in [0.4, 0.5) is 5.69 Å². The Labute approximate surface area is 294 Å². The Bertz CT molecular complexity index is 2040. The lowest BCUT2D eigenvalue weighted by molar-refractivity contribution is 0.0512. The normalized spacial score (nSPS) is 11.4. The molecule has 0 saturated carbocycles. The molecule has 0 radical (unpaired) electrons. The maximum atomic E-state index is 13.8. The van der Waals surface area contributed by atoms with E-state index in [-0.39, 0.29) is 19.2 Å². The van der Waals surface area contributed by atoms with E-state index >= 15 is 0 Å². The zero-order valence-electron chi connectivity index (χ0n) is 27.6. The Balaban J connectivity index is 1.37. The fourth-order valence-corrected chi connectivity index (χ4v) is 6.98. The van der Waals surface area contributed by atoms with Crippen molar-refractivity contribution in [1.82, 2.24) is 14.3 Å². The van der Waals surface area contributed by atoms with Crippen LogP contribution in [0.1, 0.15) is 47.2 Å². The Morgan fingerprint density at radius 2 is 1.71 bits per heavy atom. The Kier molecular flexibility index (Phi) is 10.7. The van der Waals surface area contributed by atoms with E-state index in [1.54, 1.807) is 4.68 Å². The van der Waals surface area contributed by atoms with Gasteiger partial charge in [0.15, 0.2) is 0 Å². The number of aryl methyl sites for hydroxylation is 4. The number of benzene rings is 4. The molecule has 248 valence electrons. The van der Waals surface area contributed by atoms with Crippen molar-refractivity contribution in [2.75, 3.05) is 25.1 Å². The third-order valence-electron chi connectivity index (χ3n) is 8.73. The average Bonchev–Trinajstić information content (AvgIpc) is 3.57. The summed E-state index contributed by atoms with van der Waals surface area (Å²) in [6.07, 6.45) is 2.12. The number of rotatable bonds is 14. The highest BCUT2D eigenvalue weighted by Gasteiger charge is 2.27. The number of halogens is 1. The van der Waals surface area contributed by atoms with Gasteiger partial charge in [-0.3, -0.25) is 4.68 Å². The van der Waals surface area contributed by atoms with Crippen LogP contribution < -0.4 is 10.1 Å². The molecule has 0 aliphatic rings. The zero-order valence-corrected chi connectivity index (χ0v) is 29.8. The number of ether oxygens (including phenoxy) is 2. The van der Waals surface area contributed by atoms with E-state index in [9.17, 15) is 9.90 Å². The molecular formula is C39H41IN4O4. The molecule has 6 rings (SSSR count). The van der Waals surface area contributed by atoms with Crippen molar-refractivity contribution in [2.24, 2.45) is 7.05 Å². The van der Waals surface area contributed by atoms with Crippen molar-refractivity contribution in [3.63, 3.8) is 0 Å². The SMILES string of the molecule is CCOC(=O)c1c(CCCOc2cccc3ccccc23)c2cccc(-c3c(C)nn(C)c3CO)c2n1CCCNc1ccc(I)cc1. The molecule has 0 aliphatic carbocycles. The third kappa shape index (κ3) is 6.93. The number of anilines is 1. The number of carbonyl (C=O) groups is 1. The lowest BCUT2D eigenvalue weighted by atomic mass is 9.98. The van der Waals surface area contributed by atoms with Crippen LogP contribution in [-0.2, 0) is 31.4 Å². The molecule has 0 unspecified atom stereocenters. The van der Waals surface area contributed by atoms with Gasteiger partial charge in [-0.05, 0) is 97.0 Å². The lowest BCUT2D eigenvalue weighted by Gasteiger charge is -2.15. The first-order valence-corrected chi connectivity index (χ1v) is 17.5. The predicted octanol–water partition coefficient (Wildman–Crippen LogP) is 8.29. The maximum absolute atomic E-state index is 13.8. The fourth-order valence-electron chi connectivity index (χ4n) is 6.62. The molecule has 4 aromatic carbocycles. The van der Waals surface area contributed by atoms with Gasteiger partial charge in [0.2, 0.25) is 0 Å². The summed E-state index contributed by atoms with van der Waals surface area (Å²) in [6.45, 7) is 5.76. The molecule has 6 aromatic rings. The van der Waals surface area contributed by atoms with E-state index in [1.165, 1.54) is 3.57 Å². The Morgan fingerprint density at radius 1 is 0.958 bits per heavy atom. The smallest absolute Gasteiger partial charge is 0.355 e. The second-order valence-corrected chi connectivity index (χ2v) is 13.1. The van der Waals surface area contributed by atoms with Gasteiger partial charge in [-0.25, -0.2) is 4.79 Å². The number of aromatic nitrogens is 3. The number of para-hydroxylation sites is 1. The minimum atomic E-state index is -0.333. The number of hydrogen-bond donors (Lipinski definition) is 2. The molecule has 0 atom stereocenters. The summed E-state index contributed by atoms with van der Waals surface area (Å²) in [7, 11) is 1.85. The van der Waals surface area contributed by atoms with E-state index < -0.39 is 0 Å². The second kappa shape index (κ2) is 15.3. The molecule has 0 spiro atoms. The molecular weight excluding hydrogens is 715 g/mol. The summed E-state index contributed by atoms with van der Waals surface area (Å²) < 4.78 is 17.1. The average molecular weight is 757 g/mol. The topological polar surface area (TPSA) is 90.5 Å². The van der Waals surface area contributed by atoms with Gasteiger partial charge in [0, 0.05) is 51.3 Å². The van der Waals surface area contributed by atoms with Gasteiger partial charge in [-0.2, -0.15) is 5.10 Å². The summed E-state index contributed by atoms with van der Waals surface area (Å²) >= 11 is 2.31. The fraction of sp³-hybridized carbons (Fsp3) is 0.282. The summed E-state index contributed by atoms with van der Waals surface area (Å²) in [5.41, 5.74) is 6.92. The Hall–Kier alpha value is -4.35. The van der Waals surface area contributed by atoms with E-state index in [4.69, 9.17) is 9.47 Å². The number of fused-ring (bicyclic) bond motifs is 2. The van der Waals surface area contributed by atoms with Gasteiger partial charge < -0.3 is 24.5 Å². The van der Waals surface area contributed by atoms with E-state index in [0.29, 0.717) is 31.7 Å². The molecule has 2 aromatic heterocycles. The minimum Gasteiger partial charge on any atom is -0.493 e. The van der Waals surface area contributed by atoms with Crippen LogP contribution in [0.15, 0.2) is 84.9 Å². The largest absolute Gasteiger partial charge is 0.493 e. The maximum Gasteiger partial charge on any atom is 0.355 e. The molecule has 8 nitrogen and oxygen atoms in total. The lowest BCUT2D eigenvalue weighted by Crippen LogP contribution is -2.16. The van der Waals surface area contributed by atoms with Crippen molar-refractivity contribution in [3.05, 3.63) is 111 Å². The number of aliphatic hydroxyl groups is 1. The molecule has 2 heterocycles. The highest BCUT2D eigenvalue weighted by Crippen LogP contribution is 2.38. The van der Waals surface area contributed by atoms with Crippen LogP contribution in [0.5, 0.6) is 5.75 Å². The predicted molar refractivity (Wildman–Crippen MR) is 201 cm³/mol. The van der Waals surface area contributed by atoms with Gasteiger partial charge in [0.05, 0.1) is 36.7 Å². The molecule has 48 heavy (non-hydrogen) atoms. The molecule has 0 fully saturated rings. The zero-order chi connectivity index (χ0) is 33.6.